The van der Waals surface area contributed by atoms with Crippen LogP contribution < -0.4 is 15.8 Å². The first-order chi connectivity index (χ1) is 13.5. The quantitative estimate of drug-likeness (QED) is 0.627. The summed E-state index contributed by atoms with van der Waals surface area (Å²) in [6.45, 7) is 3.51. The van der Waals surface area contributed by atoms with Gasteiger partial charge in [-0.25, -0.2) is 13.8 Å². The highest BCUT2D eigenvalue weighted by atomic mass is 35.5. The minimum atomic E-state index is -0.546. The van der Waals surface area contributed by atoms with E-state index >= 15 is 4.39 Å². The van der Waals surface area contributed by atoms with E-state index in [-0.39, 0.29) is 32.2 Å². The number of ether oxygens (including phenoxy) is 1. The summed E-state index contributed by atoms with van der Waals surface area (Å²) >= 11 is 7.53. The molecule has 1 atom stereocenters. The van der Waals surface area contributed by atoms with Crippen LogP contribution in [0, 0.1) is 11.6 Å². The third kappa shape index (κ3) is 2.83. The Balaban J connectivity index is 1.67. The van der Waals surface area contributed by atoms with E-state index in [1.54, 1.807) is 6.07 Å². The summed E-state index contributed by atoms with van der Waals surface area (Å²) in [7, 11) is 0. The molecule has 3 aromatic rings. The molecule has 1 saturated heterocycles. The number of piperazine rings is 1. The van der Waals surface area contributed by atoms with E-state index in [0.717, 1.165) is 31.0 Å². The summed E-state index contributed by atoms with van der Waals surface area (Å²) in [6.07, 6.45) is 0. The monoisotopic (exact) mass is 422 g/mol. The number of nitrogen functional groups attached to an aromatic ring is 1. The van der Waals surface area contributed by atoms with Crippen LogP contribution >= 0.6 is 22.9 Å². The maximum Gasteiger partial charge on any atom is 0.181 e. The topological polar surface area (TPSA) is 63.4 Å². The van der Waals surface area contributed by atoms with E-state index in [0.29, 0.717) is 29.8 Å². The molecule has 0 bridgehead atoms. The minimum Gasteiger partial charge on any atom is -0.488 e. The standard InChI is InChI=1S/C19H17ClF2N4OS/c20-12-5-9-7-26-4-3-24-6-10(26)8-27-17(9)15(22)14(12)11-1-2-13(21)18-16(11)25-19(23)28-18/h1-2,5,10,24H,3-4,6-8H2,(H2,23,25)/t10-/m1/s1. The van der Waals surface area contributed by atoms with Crippen molar-refractivity contribution in [1.82, 2.24) is 15.2 Å². The van der Waals surface area contributed by atoms with Gasteiger partial charge in [-0.05, 0) is 18.2 Å². The summed E-state index contributed by atoms with van der Waals surface area (Å²) in [5.74, 6) is -0.788. The van der Waals surface area contributed by atoms with Crippen LogP contribution in [0.15, 0.2) is 18.2 Å². The molecule has 5 rings (SSSR count). The Labute approximate surface area is 169 Å². The second-order valence-corrected chi connectivity index (χ2v) is 8.44. The lowest BCUT2D eigenvalue weighted by Crippen LogP contribution is -2.52. The number of thiazole rings is 1. The Hall–Kier alpha value is -2.00. The number of halogens is 3. The van der Waals surface area contributed by atoms with Gasteiger partial charge in [0, 0.05) is 42.9 Å². The van der Waals surface area contributed by atoms with Crippen molar-refractivity contribution in [2.75, 3.05) is 32.0 Å². The van der Waals surface area contributed by atoms with Crippen LogP contribution in [0.2, 0.25) is 5.02 Å². The van der Waals surface area contributed by atoms with Gasteiger partial charge < -0.3 is 15.8 Å². The molecule has 2 aliphatic heterocycles. The van der Waals surface area contributed by atoms with Crippen LogP contribution in [-0.2, 0) is 6.54 Å². The van der Waals surface area contributed by atoms with Crippen LogP contribution in [0.3, 0.4) is 0 Å². The van der Waals surface area contributed by atoms with Crippen molar-refractivity contribution in [2.45, 2.75) is 12.6 Å². The molecule has 0 aliphatic carbocycles. The minimum absolute atomic E-state index is 0.161. The molecular formula is C19H17ClF2N4OS. The maximum absolute atomic E-state index is 15.6. The first-order valence-corrected chi connectivity index (χ1v) is 10.2. The molecule has 0 radical (unpaired) electrons. The fourth-order valence-electron chi connectivity index (χ4n) is 3.94. The molecule has 3 heterocycles. The number of anilines is 1. The number of nitrogens with two attached hydrogens (primary N) is 1. The number of benzene rings is 2. The summed E-state index contributed by atoms with van der Waals surface area (Å²) in [6, 6.07) is 4.68. The highest BCUT2D eigenvalue weighted by Gasteiger charge is 2.31. The van der Waals surface area contributed by atoms with Crippen molar-refractivity contribution < 1.29 is 13.5 Å². The molecule has 1 fully saturated rings. The lowest BCUT2D eigenvalue weighted by Gasteiger charge is -2.33. The van der Waals surface area contributed by atoms with Crippen molar-refractivity contribution in [1.29, 1.82) is 0 Å². The summed E-state index contributed by atoms with van der Waals surface area (Å²) in [4.78, 5) is 6.47. The van der Waals surface area contributed by atoms with E-state index in [4.69, 9.17) is 22.1 Å². The lowest BCUT2D eigenvalue weighted by molar-refractivity contribution is 0.119. The molecule has 0 amide bonds. The van der Waals surface area contributed by atoms with Gasteiger partial charge in [-0.2, -0.15) is 0 Å². The largest absolute Gasteiger partial charge is 0.488 e. The number of rotatable bonds is 1. The van der Waals surface area contributed by atoms with E-state index in [2.05, 4.69) is 15.2 Å². The predicted octanol–water partition coefficient (Wildman–Crippen LogP) is 3.64. The van der Waals surface area contributed by atoms with Gasteiger partial charge in [0.15, 0.2) is 16.7 Å². The third-order valence-corrected chi connectivity index (χ3v) is 6.49. The Morgan fingerprint density at radius 3 is 3.07 bits per heavy atom. The molecule has 1 aromatic heterocycles. The van der Waals surface area contributed by atoms with E-state index in [1.165, 1.54) is 12.1 Å². The van der Waals surface area contributed by atoms with Gasteiger partial charge in [0.25, 0.3) is 0 Å². The molecule has 2 aromatic carbocycles. The smallest absolute Gasteiger partial charge is 0.181 e. The van der Waals surface area contributed by atoms with Crippen molar-refractivity contribution in [3.8, 4) is 16.9 Å². The molecule has 5 nitrogen and oxygen atoms in total. The Bertz CT molecular complexity index is 1090. The molecule has 2 aliphatic rings. The first-order valence-electron chi connectivity index (χ1n) is 8.96. The second kappa shape index (κ2) is 6.81. The summed E-state index contributed by atoms with van der Waals surface area (Å²) in [5.41, 5.74) is 7.34. The Morgan fingerprint density at radius 2 is 2.21 bits per heavy atom. The van der Waals surface area contributed by atoms with Crippen LogP contribution in [-0.4, -0.2) is 42.2 Å². The van der Waals surface area contributed by atoms with Gasteiger partial charge in [-0.1, -0.05) is 22.9 Å². The number of aromatic nitrogens is 1. The number of nitrogens with zero attached hydrogens (tertiary/aromatic N) is 2. The van der Waals surface area contributed by atoms with Crippen molar-refractivity contribution in [3.63, 3.8) is 0 Å². The van der Waals surface area contributed by atoms with Crippen molar-refractivity contribution in [3.05, 3.63) is 40.4 Å². The third-order valence-electron chi connectivity index (χ3n) is 5.30. The van der Waals surface area contributed by atoms with Gasteiger partial charge in [0.05, 0.1) is 21.3 Å². The van der Waals surface area contributed by atoms with Gasteiger partial charge in [0.1, 0.15) is 12.4 Å². The van der Waals surface area contributed by atoms with E-state index < -0.39 is 11.6 Å². The number of nitrogens with one attached hydrogen (secondary N) is 1. The highest BCUT2D eigenvalue weighted by molar-refractivity contribution is 7.22. The zero-order chi connectivity index (χ0) is 19.4. The predicted molar refractivity (Wildman–Crippen MR) is 107 cm³/mol. The van der Waals surface area contributed by atoms with E-state index in [1.807, 2.05) is 0 Å². The van der Waals surface area contributed by atoms with Gasteiger partial charge >= 0.3 is 0 Å². The van der Waals surface area contributed by atoms with Crippen molar-refractivity contribution >= 4 is 38.3 Å². The lowest BCUT2D eigenvalue weighted by atomic mass is 10.0. The SMILES string of the molecule is Nc1nc2c(-c3c(Cl)cc4c(c3F)OC[C@H]3CNCCN3C4)ccc(F)c2s1. The average molecular weight is 423 g/mol. The van der Waals surface area contributed by atoms with Crippen molar-refractivity contribution in [2.24, 2.45) is 0 Å². The van der Waals surface area contributed by atoms with Crippen LogP contribution in [0.5, 0.6) is 5.75 Å². The van der Waals surface area contributed by atoms with E-state index in [9.17, 15) is 4.39 Å². The van der Waals surface area contributed by atoms with Crippen LogP contribution in [0.1, 0.15) is 5.56 Å². The molecule has 0 saturated carbocycles. The zero-order valence-electron chi connectivity index (χ0n) is 14.8. The normalized spacial score (nSPS) is 19.8. The molecule has 0 unspecified atom stereocenters. The maximum atomic E-state index is 15.6. The molecule has 28 heavy (non-hydrogen) atoms. The zero-order valence-corrected chi connectivity index (χ0v) is 16.3. The molecule has 0 spiro atoms. The molecule has 9 heteroatoms. The number of fused-ring (bicyclic) bond motifs is 3. The average Bonchev–Trinajstić information content (AvgIpc) is 2.96. The Kier molecular flexibility index (Phi) is 4.39. The molecular weight excluding hydrogens is 406 g/mol. The molecule has 146 valence electrons. The van der Waals surface area contributed by atoms with Crippen LogP contribution in [0.4, 0.5) is 13.9 Å². The van der Waals surface area contributed by atoms with Gasteiger partial charge in [0.2, 0.25) is 0 Å². The fourth-order valence-corrected chi connectivity index (χ4v) is 5.02. The summed E-state index contributed by atoms with van der Waals surface area (Å²) < 4.78 is 35.9. The van der Waals surface area contributed by atoms with Gasteiger partial charge in [-0.3, -0.25) is 4.90 Å². The summed E-state index contributed by atoms with van der Waals surface area (Å²) in [5, 5.41) is 3.79. The van der Waals surface area contributed by atoms with Crippen LogP contribution in [0.25, 0.3) is 21.3 Å². The van der Waals surface area contributed by atoms with Gasteiger partial charge in [-0.15, -0.1) is 0 Å². The highest BCUT2D eigenvalue weighted by Crippen LogP contribution is 2.43. The number of hydrogen-bond acceptors (Lipinski definition) is 6. The number of hydrogen-bond donors (Lipinski definition) is 2. The second-order valence-electron chi connectivity index (χ2n) is 7.00. The Morgan fingerprint density at radius 1 is 1.36 bits per heavy atom. The fraction of sp³-hybridized carbons (Fsp3) is 0.316. The first kappa shape index (κ1) is 18.1. The molecule has 3 N–H and O–H groups in total.